The molecule has 0 radical (unpaired) electrons. The molecule has 130 valence electrons. The van der Waals surface area contributed by atoms with Gasteiger partial charge >= 0.3 is 0 Å². The van der Waals surface area contributed by atoms with Crippen LogP contribution in [0.2, 0.25) is 5.02 Å². The fourth-order valence-electron chi connectivity index (χ4n) is 3.54. The van der Waals surface area contributed by atoms with E-state index in [9.17, 15) is 0 Å². The van der Waals surface area contributed by atoms with Gasteiger partial charge in [-0.2, -0.15) is 0 Å². The Kier molecular flexibility index (Phi) is 4.50. The monoisotopic (exact) mass is 354 g/mol. The normalized spacial score (nSPS) is 17.6. The number of halogens is 1. The van der Waals surface area contributed by atoms with E-state index in [-0.39, 0.29) is 0 Å². The SMILES string of the molecule is CN1CCN(C2=Nc3cc(Cl)ccc3Cc3ccc(CN)cc32)CC1. The lowest BCUT2D eigenvalue weighted by Crippen LogP contribution is -2.47. The van der Waals surface area contributed by atoms with Crippen molar-refractivity contribution in [3.63, 3.8) is 0 Å². The van der Waals surface area contributed by atoms with Crippen LogP contribution in [0, 0.1) is 0 Å². The van der Waals surface area contributed by atoms with Crippen LogP contribution in [0.15, 0.2) is 41.4 Å². The first-order chi connectivity index (χ1) is 12.1. The van der Waals surface area contributed by atoms with Crippen molar-refractivity contribution in [3.8, 4) is 0 Å². The third-order valence-electron chi connectivity index (χ3n) is 5.11. The Balaban J connectivity index is 1.85. The zero-order valence-corrected chi connectivity index (χ0v) is 15.3. The molecule has 0 spiro atoms. The van der Waals surface area contributed by atoms with E-state index in [4.69, 9.17) is 22.3 Å². The number of nitrogens with zero attached hydrogens (tertiary/aromatic N) is 3. The number of likely N-dealkylation sites (N-methyl/N-ethyl adjacent to an activating group) is 1. The lowest BCUT2D eigenvalue weighted by molar-refractivity contribution is 0.216. The molecule has 0 aliphatic carbocycles. The topological polar surface area (TPSA) is 44.9 Å². The van der Waals surface area contributed by atoms with Gasteiger partial charge < -0.3 is 15.5 Å². The molecule has 25 heavy (non-hydrogen) atoms. The molecule has 2 aliphatic heterocycles. The Morgan fingerprint density at radius 1 is 1.04 bits per heavy atom. The van der Waals surface area contributed by atoms with Crippen molar-refractivity contribution in [1.82, 2.24) is 9.80 Å². The fraction of sp³-hybridized carbons (Fsp3) is 0.350. The van der Waals surface area contributed by atoms with Gasteiger partial charge in [-0.3, -0.25) is 0 Å². The number of amidine groups is 1. The highest BCUT2D eigenvalue weighted by atomic mass is 35.5. The number of fused-ring (bicyclic) bond motifs is 2. The maximum Gasteiger partial charge on any atom is 0.136 e. The molecule has 0 bridgehead atoms. The highest BCUT2D eigenvalue weighted by Crippen LogP contribution is 2.32. The Morgan fingerprint density at radius 3 is 2.56 bits per heavy atom. The third kappa shape index (κ3) is 3.30. The number of aliphatic imine (C=N–C) groups is 1. The maximum atomic E-state index is 6.24. The van der Waals surface area contributed by atoms with Crippen molar-refractivity contribution in [1.29, 1.82) is 0 Å². The summed E-state index contributed by atoms with van der Waals surface area (Å²) < 4.78 is 0. The zero-order chi connectivity index (χ0) is 17.4. The van der Waals surface area contributed by atoms with Crippen LogP contribution in [-0.4, -0.2) is 48.9 Å². The molecule has 2 N–H and O–H groups in total. The summed E-state index contributed by atoms with van der Waals surface area (Å²) in [5, 5.41) is 0.730. The number of rotatable bonds is 1. The molecule has 2 aromatic rings. The van der Waals surface area contributed by atoms with E-state index >= 15 is 0 Å². The van der Waals surface area contributed by atoms with Gasteiger partial charge in [-0.25, -0.2) is 4.99 Å². The van der Waals surface area contributed by atoms with Gasteiger partial charge in [0.2, 0.25) is 0 Å². The summed E-state index contributed by atoms with van der Waals surface area (Å²) in [6.45, 7) is 4.61. The number of nitrogens with two attached hydrogens (primary N) is 1. The average molecular weight is 355 g/mol. The summed E-state index contributed by atoms with van der Waals surface area (Å²) in [7, 11) is 2.17. The molecule has 5 heteroatoms. The van der Waals surface area contributed by atoms with E-state index in [2.05, 4.69) is 41.1 Å². The summed E-state index contributed by atoms with van der Waals surface area (Å²) in [5.41, 5.74) is 11.7. The molecule has 0 amide bonds. The minimum Gasteiger partial charge on any atom is -0.354 e. The Morgan fingerprint density at radius 2 is 1.80 bits per heavy atom. The largest absolute Gasteiger partial charge is 0.354 e. The first-order valence-corrected chi connectivity index (χ1v) is 9.14. The van der Waals surface area contributed by atoms with Crippen LogP contribution in [0.1, 0.15) is 22.3 Å². The predicted molar refractivity (Wildman–Crippen MR) is 104 cm³/mol. The van der Waals surface area contributed by atoms with Gasteiger partial charge in [-0.15, -0.1) is 0 Å². The minimum atomic E-state index is 0.544. The van der Waals surface area contributed by atoms with Crippen LogP contribution in [0.3, 0.4) is 0 Å². The Hall–Kier alpha value is -1.88. The second-order valence-corrected chi connectivity index (χ2v) is 7.31. The first-order valence-electron chi connectivity index (χ1n) is 8.77. The van der Waals surface area contributed by atoms with Crippen LogP contribution in [0.25, 0.3) is 0 Å². The fourth-order valence-corrected chi connectivity index (χ4v) is 3.71. The molecular weight excluding hydrogens is 332 g/mol. The maximum absolute atomic E-state index is 6.24. The molecule has 0 atom stereocenters. The van der Waals surface area contributed by atoms with E-state index in [1.54, 1.807) is 0 Å². The molecule has 2 aliphatic rings. The van der Waals surface area contributed by atoms with Crippen molar-refractivity contribution in [2.45, 2.75) is 13.0 Å². The molecular formula is C20H23ClN4. The highest BCUT2D eigenvalue weighted by Gasteiger charge is 2.24. The molecule has 2 aromatic carbocycles. The molecule has 0 unspecified atom stereocenters. The van der Waals surface area contributed by atoms with Crippen molar-refractivity contribution in [2.75, 3.05) is 33.2 Å². The van der Waals surface area contributed by atoms with Crippen LogP contribution >= 0.6 is 11.6 Å². The highest BCUT2D eigenvalue weighted by molar-refractivity contribution is 6.30. The van der Waals surface area contributed by atoms with Crippen LogP contribution in [-0.2, 0) is 13.0 Å². The zero-order valence-electron chi connectivity index (χ0n) is 14.5. The molecule has 4 rings (SSSR count). The van der Waals surface area contributed by atoms with Crippen molar-refractivity contribution >= 4 is 23.1 Å². The van der Waals surface area contributed by atoms with E-state index in [0.717, 1.165) is 54.7 Å². The van der Waals surface area contributed by atoms with Crippen LogP contribution in [0.5, 0.6) is 0 Å². The number of piperazine rings is 1. The minimum absolute atomic E-state index is 0.544. The van der Waals surface area contributed by atoms with Crippen molar-refractivity contribution < 1.29 is 0 Å². The molecule has 1 fully saturated rings. The standard InChI is InChI=1S/C20H23ClN4/c1-24-6-8-25(9-7-24)20-18-10-14(13-22)2-3-15(18)11-16-4-5-17(21)12-19(16)23-20/h2-5,10,12H,6-9,11,13,22H2,1H3. The van der Waals surface area contributed by atoms with E-state index in [1.807, 2.05) is 12.1 Å². The number of hydrogen-bond acceptors (Lipinski definition) is 4. The predicted octanol–water partition coefficient (Wildman–Crippen LogP) is 3.03. The average Bonchev–Trinajstić information content (AvgIpc) is 2.78. The Bertz CT molecular complexity index is 822. The number of hydrogen-bond donors (Lipinski definition) is 1. The van der Waals surface area contributed by atoms with E-state index in [0.29, 0.717) is 6.54 Å². The van der Waals surface area contributed by atoms with Gasteiger partial charge in [-0.1, -0.05) is 29.8 Å². The molecule has 0 saturated carbocycles. The van der Waals surface area contributed by atoms with Gasteiger partial charge in [0.25, 0.3) is 0 Å². The smallest absolute Gasteiger partial charge is 0.136 e. The summed E-state index contributed by atoms with van der Waals surface area (Å²) in [4.78, 5) is 9.82. The van der Waals surface area contributed by atoms with Gasteiger partial charge in [0.15, 0.2) is 0 Å². The molecule has 4 nitrogen and oxygen atoms in total. The van der Waals surface area contributed by atoms with E-state index in [1.165, 1.54) is 16.7 Å². The first kappa shape index (κ1) is 16.6. The van der Waals surface area contributed by atoms with Gasteiger partial charge in [0.1, 0.15) is 5.84 Å². The van der Waals surface area contributed by atoms with Crippen molar-refractivity contribution in [3.05, 3.63) is 63.7 Å². The summed E-state index contributed by atoms with van der Waals surface area (Å²) in [6.07, 6.45) is 0.868. The van der Waals surface area contributed by atoms with E-state index < -0.39 is 0 Å². The lowest BCUT2D eigenvalue weighted by Gasteiger charge is -2.35. The van der Waals surface area contributed by atoms with Gasteiger partial charge in [0.05, 0.1) is 5.69 Å². The third-order valence-corrected chi connectivity index (χ3v) is 5.34. The summed E-state index contributed by atoms with van der Waals surface area (Å²) in [5.74, 6) is 1.06. The number of benzene rings is 2. The molecule has 2 heterocycles. The second-order valence-electron chi connectivity index (χ2n) is 6.87. The second kappa shape index (κ2) is 6.79. The van der Waals surface area contributed by atoms with Crippen molar-refractivity contribution in [2.24, 2.45) is 10.7 Å². The molecule has 0 aromatic heterocycles. The summed E-state index contributed by atoms with van der Waals surface area (Å²) in [6, 6.07) is 12.6. The van der Waals surface area contributed by atoms with Gasteiger partial charge in [-0.05, 0) is 41.9 Å². The van der Waals surface area contributed by atoms with Gasteiger partial charge in [0, 0.05) is 49.7 Å². The quantitative estimate of drug-likeness (QED) is 0.856. The lowest BCUT2D eigenvalue weighted by atomic mass is 9.97. The van der Waals surface area contributed by atoms with Crippen LogP contribution in [0.4, 0.5) is 5.69 Å². The Labute approximate surface area is 153 Å². The summed E-state index contributed by atoms with van der Waals surface area (Å²) >= 11 is 6.24. The van der Waals surface area contributed by atoms with Crippen LogP contribution < -0.4 is 5.73 Å². The molecule has 1 saturated heterocycles.